The van der Waals surface area contributed by atoms with Crippen LogP contribution in [0.4, 0.5) is 8.78 Å². The molecule has 1 aromatic carbocycles. The molecule has 0 saturated heterocycles. The molecule has 0 spiro atoms. The van der Waals surface area contributed by atoms with Crippen LogP contribution in [-0.4, -0.2) is 5.78 Å². The van der Waals surface area contributed by atoms with E-state index < -0.39 is 11.6 Å². The highest BCUT2D eigenvalue weighted by molar-refractivity contribution is 9.13. The van der Waals surface area contributed by atoms with Crippen LogP contribution >= 0.6 is 43.2 Å². The van der Waals surface area contributed by atoms with E-state index in [1.54, 1.807) is 6.07 Å². The zero-order valence-electron chi connectivity index (χ0n) is 8.84. The lowest BCUT2D eigenvalue weighted by Gasteiger charge is -2.00. The van der Waals surface area contributed by atoms with Crippen molar-refractivity contribution in [2.45, 2.75) is 6.42 Å². The maximum Gasteiger partial charge on any atom is 0.177 e. The van der Waals surface area contributed by atoms with Crippen molar-refractivity contribution >= 4 is 49.0 Å². The Morgan fingerprint density at radius 1 is 1.11 bits per heavy atom. The molecule has 0 saturated carbocycles. The summed E-state index contributed by atoms with van der Waals surface area (Å²) >= 11 is 7.86. The number of benzene rings is 1. The lowest BCUT2D eigenvalue weighted by atomic mass is 10.1. The van der Waals surface area contributed by atoms with Crippen LogP contribution in [-0.2, 0) is 6.42 Å². The van der Waals surface area contributed by atoms with E-state index >= 15 is 0 Å². The molecule has 0 aliphatic heterocycles. The Morgan fingerprint density at radius 3 is 2.22 bits per heavy atom. The summed E-state index contributed by atoms with van der Waals surface area (Å²) in [5, 5.41) is 0. The number of ketones is 1. The van der Waals surface area contributed by atoms with E-state index in [1.165, 1.54) is 23.5 Å². The van der Waals surface area contributed by atoms with Crippen LogP contribution in [0.5, 0.6) is 0 Å². The Labute approximate surface area is 123 Å². The highest BCUT2D eigenvalue weighted by Gasteiger charge is 2.13. The Hall–Kier alpha value is -0.590. The van der Waals surface area contributed by atoms with Gasteiger partial charge >= 0.3 is 0 Å². The largest absolute Gasteiger partial charge is 0.293 e. The van der Waals surface area contributed by atoms with Crippen molar-refractivity contribution in [1.29, 1.82) is 0 Å². The van der Waals surface area contributed by atoms with Crippen molar-refractivity contribution in [3.63, 3.8) is 0 Å². The molecule has 0 aliphatic carbocycles. The van der Waals surface area contributed by atoms with E-state index in [9.17, 15) is 13.6 Å². The molecule has 0 aliphatic rings. The van der Waals surface area contributed by atoms with Gasteiger partial charge in [0.25, 0.3) is 0 Å². The van der Waals surface area contributed by atoms with Crippen molar-refractivity contribution in [2.75, 3.05) is 0 Å². The van der Waals surface area contributed by atoms with E-state index in [-0.39, 0.29) is 12.2 Å². The Kier molecular flexibility index (Phi) is 4.29. The summed E-state index contributed by atoms with van der Waals surface area (Å²) in [7, 11) is 0. The summed E-state index contributed by atoms with van der Waals surface area (Å²) in [6.07, 6.45) is -0.0198. The van der Waals surface area contributed by atoms with Crippen LogP contribution in [0, 0.1) is 11.6 Å². The standard InChI is InChI=1S/C12H6Br2F2OS/c13-9-5-11(18-12(9)14)10(17)3-6-1-7(15)4-8(16)2-6/h1-2,4-5H,3H2. The fraction of sp³-hybridized carbons (Fsp3) is 0.0833. The van der Waals surface area contributed by atoms with Gasteiger partial charge in [-0.3, -0.25) is 4.79 Å². The zero-order chi connectivity index (χ0) is 13.3. The van der Waals surface area contributed by atoms with E-state index in [4.69, 9.17) is 0 Å². The second-order valence-corrected chi connectivity index (χ2v) is 6.83. The molecule has 0 fully saturated rings. The van der Waals surface area contributed by atoms with Crippen molar-refractivity contribution < 1.29 is 13.6 Å². The maximum atomic E-state index is 13.0. The summed E-state index contributed by atoms with van der Waals surface area (Å²) in [4.78, 5) is 12.5. The molecule has 1 aromatic heterocycles. The van der Waals surface area contributed by atoms with Crippen LogP contribution in [0.25, 0.3) is 0 Å². The normalized spacial score (nSPS) is 10.7. The molecule has 0 N–H and O–H groups in total. The minimum absolute atomic E-state index is 0.0198. The van der Waals surface area contributed by atoms with Gasteiger partial charge in [-0.1, -0.05) is 0 Å². The predicted octanol–water partition coefficient (Wildman–Crippen LogP) is 4.98. The number of Topliss-reactive ketones (excluding diaryl/α,β-unsaturated/α-hetero) is 1. The molecule has 2 rings (SSSR count). The minimum atomic E-state index is -0.675. The van der Waals surface area contributed by atoms with Gasteiger partial charge in [0, 0.05) is 17.0 Å². The number of carbonyl (C=O) groups excluding carboxylic acids is 1. The fourth-order valence-corrected chi connectivity index (χ4v) is 3.44. The van der Waals surface area contributed by atoms with E-state index in [2.05, 4.69) is 31.9 Å². The van der Waals surface area contributed by atoms with Crippen LogP contribution in [0.15, 0.2) is 32.5 Å². The van der Waals surface area contributed by atoms with Crippen molar-refractivity contribution in [3.8, 4) is 0 Å². The Balaban J connectivity index is 2.21. The zero-order valence-corrected chi connectivity index (χ0v) is 12.8. The van der Waals surface area contributed by atoms with Gasteiger partial charge in [0.05, 0.1) is 8.66 Å². The molecule has 0 bridgehead atoms. The van der Waals surface area contributed by atoms with Crippen LogP contribution in [0.1, 0.15) is 15.2 Å². The SMILES string of the molecule is O=C(Cc1cc(F)cc(F)c1)c1cc(Br)c(Br)s1. The first-order valence-electron chi connectivity index (χ1n) is 4.88. The molecule has 1 nitrogen and oxygen atoms in total. The third-order valence-electron chi connectivity index (χ3n) is 2.21. The number of rotatable bonds is 3. The average molecular weight is 396 g/mol. The highest BCUT2D eigenvalue weighted by atomic mass is 79.9. The minimum Gasteiger partial charge on any atom is -0.293 e. The maximum absolute atomic E-state index is 13.0. The highest BCUT2D eigenvalue weighted by Crippen LogP contribution is 2.33. The monoisotopic (exact) mass is 394 g/mol. The quantitative estimate of drug-likeness (QED) is 0.670. The van der Waals surface area contributed by atoms with Gasteiger partial charge in [0.15, 0.2) is 5.78 Å². The molecule has 94 valence electrons. The third-order valence-corrected chi connectivity index (χ3v) is 5.50. The van der Waals surface area contributed by atoms with Crippen LogP contribution in [0.2, 0.25) is 0 Å². The molecular weight excluding hydrogens is 390 g/mol. The van der Waals surface area contributed by atoms with Gasteiger partial charge in [-0.05, 0) is 55.6 Å². The predicted molar refractivity (Wildman–Crippen MR) is 74.1 cm³/mol. The third kappa shape index (κ3) is 3.24. The smallest absolute Gasteiger partial charge is 0.177 e. The van der Waals surface area contributed by atoms with Crippen molar-refractivity contribution in [3.05, 3.63) is 54.6 Å². The second-order valence-electron chi connectivity index (χ2n) is 3.61. The lowest BCUT2D eigenvalue weighted by molar-refractivity contribution is 0.0996. The molecule has 0 unspecified atom stereocenters. The lowest BCUT2D eigenvalue weighted by Crippen LogP contribution is -2.02. The van der Waals surface area contributed by atoms with E-state index in [1.807, 2.05) is 0 Å². The van der Waals surface area contributed by atoms with Gasteiger partial charge in [-0.2, -0.15) is 0 Å². The molecule has 18 heavy (non-hydrogen) atoms. The number of carbonyl (C=O) groups is 1. The van der Waals surface area contributed by atoms with E-state index in [0.717, 1.165) is 14.3 Å². The first-order valence-corrected chi connectivity index (χ1v) is 7.29. The van der Waals surface area contributed by atoms with Gasteiger partial charge < -0.3 is 0 Å². The Bertz CT molecular complexity index is 570. The van der Waals surface area contributed by atoms with Gasteiger partial charge in [0.1, 0.15) is 11.6 Å². The van der Waals surface area contributed by atoms with Gasteiger partial charge in [-0.25, -0.2) is 8.78 Å². The number of hydrogen-bond donors (Lipinski definition) is 0. The van der Waals surface area contributed by atoms with Crippen molar-refractivity contribution in [2.24, 2.45) is 0 Å². The molecule has 1 heterocycles. The average Bonchev–Trinajstić information content (AvgIpc) is 2.57. The van der Waals surface area contributed by atoms with Crippen molar-refractivity contribution in [1.82, 2.24) is 0 Å². The van der Waals surface area contributed by atoms with E-state index in [0.29, 0.717) is 10.4 Å². The fourth-order valence-electron chi connectivity index (χ4n) is 1.47. The summed E-state index contributed by atoms with van der Waals surface area (Å²) in [6, 6.07) is 4.80. The summed E-state index contributed by atoms with van der Waals surface area (Å²) in [5.41, 5.74) is 0.332. The second kappa shape index (κ2) is 5.59. The van der Waals surface area contributed by atoms with Gasteiger partial charge in [-0.15, -0.1) is 11.3 Å². The molecule has 0 amide bonds. The number of halogens is 4. The molecule has 6 heteroatoms. The summed E-state index contributed by atoms with van der Waals surface area (Å²) in [5.74, 6) is -1.52. The number of hydrogen-bond acceptors (Lipinski definition) is 2. The molecule has 0 atom stereocenters. The summed E-state index contributed by atoms with van der Waals surface area (Å²) in [6.45, 7) is 0. The first kappa shape index (κ1) is 13.8. The van der Waals surface area contributed by atoms with Crippen LogP contribution in [0.3, 0.4) is 0 Å². The Morgan fingerprint density at radius 2 is 1.72 bits per heavy atom. The topological polar surface area (TPSA) is 17.1 Å². The molecular formula is C12H6Br2F2OS. The summed E-state index contributed by atoms with van der Waals surface area (Å²) < 4.78 is 27.6. The van der Waals surface area contributed by atoms with Crippen LogP contribution < -0.4 is 0 Å². The van der Waals surface area contributed by atoms with Gasteiger partial charge in [0.2, 0.25) is 0 Å². The molecule has 0 radical (unpaired) electrons. The molecule has 2 aromatic rings. The number of thiophene rings is 1. The first-order chi connectivity index (χ1) is 8.45.